The predicted octanol–water partition coefficient (Wildman–Crippen LogP) is 2.63. The normalized spacial score (nSPS) is 9.09. The van der Waals surface area contributed by atoms with E-state index in [1.807, 2.05) is 0 Å². The fraction of sp³-hybridized carbons (Fsp3) is 0.0526. The summed E-state index contributed by atoms with van der Waals surface area (Å²) in [4.78, 5) is 0. The third kappa shape index (κ3) is 5.74. The number of benzene rings is 3. The summed E-state index contributed by atoms with van der Waals surface area (Å²) in [6, 6.07) is 28.2. The van der Waals surface area contributed by atoms with Crippen LogP contribution in [0.2, 0.25) is 0 Å². The number of aryl methyl sites for hydroxylation is 1. The monoisotopic (exact) mass is 446 g/mol. The third-order valence-electron chi connectivity index (χ3n) is 3.49. The maximum absolute atomic E-state index is 2.28. The fourth-order valence-electron chi connectivity index (χ4n) is 2.54. The van der Waals surface area contributed by atoms with Crippen LogP contribution >= 0.6 is 19.8 Å². The Morgan fingerprint density at radius 2 is 1.22 bits per heavy atom. The van der Waals surface area contributed by atoms with Crippen molar-refractivity contribution in [3.8, 4) is 11.1 Å². The molecule has 0 saturated carbocycles. The van der Waals surface area contributed by atoms with Crippen LogP contribution in [0.4, 0.5) is 0 Å². The van der Waals surface area contributed by atoms with Crippen molar-refractivity contribution >= 4 is 39.7 Å². The molecule has 0 N–H and O–H groups in total. The van der Waals surface area contributed by atoms with Crippen LogP contribution in [0, 0.1) is 6.92 Å². The molecule has 0 aromatic heterocycles. The molecular weight excluding hydrogens is 421 g/mol. The molecule has 0 bridgehead atoms. The first kappa shape index (κ1) is 22.4. The molecule has 4 heteroatoms. The Hall–Kier alpha value is -0.640. The topological polar surface area (TPSA) is 0 Å². The van der Waals surface area contributed by atoms with Gasteiger partial charge in [0.05, 0.1) is 0 Å². The number of hydrogen-bond acceptors (Lipinski definition) is 0. The van der Waals surface area contributed by atoms with E-state index in [0.29, 0.717) is 0 Å². The second-order valence-corrected chi connectivity index (χ2v) is 6.54. The molecule has 0 aliphatic carbocycles. The molecule has 0 nitrogen and oxygen atoms in total. The Bertz CT molecular complexity index is 703. The molecular formula is C19H25P2RhSi. The van der Waals surface area contributed by atoms with Gasteiger partial charge in [0, 0.05) is 0 Å². The molecule has 0 amide bonds. The standard InChI is InChI=1S/C19H17Si.2H3P.Rh.2H/c1-15-9-8-14-18(20-17-12-6-3-7-13-17)19(15)16-10-4-2-5-11-16;;;;;/h2-14,20H,1H3;2*1H3;;;. The molecule has 2 unspecified atom stereocenters. The van der Waals surface area contributed by atoms with E-state index < -0.39 is 0 Å². The van der Waals surface area contributed by atoms with Gasteiger partial charge in [0.25, 0.3) is 0 Å². The Balaban J connectivity index is 0.00000161. The third-order valence-corrected chi connectivity index (χ3v) is 5.00. The van der Waals surface area contributed by atoms with E-state index in [1.54, 1.807) is 0 Å². The fourth-order valence-corrected chi connectivity index (χ4v) is 4.06. The Morgan fingerprint density at radius 3 is 1.83 bits per heavy atom. The van der Waals surface area contributed by atoms with E-state index >= 15 is 0 Å². The number of rotatable bonds is 3. The Morgan fingerprint density at radius 1 is 0.652 bits per heavy atom. The van der Waals surface area contributed by atoms with E-state index in [1.165, 1.54) is 27.1 Å². The average Bonchev–Trinajstić information content (AvgIpc) is 2.49. The van der Waals surface area contributed by atoms with Gasteiger partial charge in [-0.05, 0) is 23.6 Å². The van der Waals surface area contributed by atoms with Crippen molar-refractivity contribution in [1.29, 1.82) is 0 Å². The van der Waals surface area contributed by atoms with Crippen molar-refractivity contribution in [2.45, 2.75) is 6.92 Å². The molecule has 0 saturated heterocycles. The van der Waals surface area contributed by atoms with Crippen molar-refractivity contribution in [2.75, 3.05) is 0 Å². The van der Waals surface area contributed by atoms with Gasteiger partial charge < -0.3 is 0 Å². The summed E-state index contributed by atoms with van der Waals surface area (Å²) in [5.74, 6) is 0. The molecule has 3 aromatic rings. The molecule has 124 valence electrons. The van der Waals surface area contributed by atoms with Crippen molar-refractivity contribution in [3.05, 3.63) is 84.4 Å². The molecule has 0 heterocycles. The molecule has 2 atom stereocenters. The van der Waals surface area contributed by atoms with E-state index in [2.05, 4.69) is 85.8 Å². The van der Waals surface area contributed by atoms with Gasteiger partial charge in [0.2, 0.25) is 0 Å². The summed E-state index contributed by atoms with van der Waals surface area (Å²) < 4.78 is 0. The molecule has 0 spiro atoms. The Kier molecular flexibility index (Phi) is 10.7. The molecule has 0 aliphatic rings. The maximum atomic E-state index is 2.28. The van der Waals surface area contributed by atoms with Gasteiger partial charge >= 0.3 is 19.5 Å². The van der Waals surface area contributed by atoms with Crippen LogP contribution in [0.1, 0.15) is 5.56 Å². The first-order valence-electron chi connectivity index (χ1n) is 6.89. The molecule has 0 aliphatic heterocycles. The van der Waals surface area contributed by atoms with Crippen LogP contribution in [-0.4, -0.2) is 9.52 Å². The summed E-state index contributed by atoms with van der Waals surface area (Å²) in [6.07, 6.45) is 0. The molecule has 23 heavy (non-hydrogen) atoms. The van der Waals surface area contributed by atoms with E-state index in [0.717, 1.165) is 0 Å². The molecule has 3 rings (SSSR count). The minimum absolute atomic E-state index is 0. The van der Waals surface area contributed by atoms with Crippen molar-refractivity contribution in [3.63, 3.8) is 0 Å². The first-order chi connectivity index (χ1) is 9.84. The van der Waals surface area contributed by atoms with Crippen molar-refractivity contribution in [1.82, 2.24) is 0 Å². The zero-order valence-electron chi connectivity index (χ0n) is 13.4. The summed E-state index contributed by atoms with van der Waals surface area (Å²) in [6.45, 7) is 2.20. The van der Waals surface area contributed by atoms with Gasteiger partial charge in [-0.2, -0.15) is 19.8 Å². The summed E-state index contributed by atoms with van der Waals surface area (Å²) in [5.41, 5.74) is 4.09. The summed E-state index contributed by atoms with van der Waals surface area (Å²) >= 11 is 0. The second kappa shape index (κ2) is 11.0. The van der Waals surface area contributed by atoms with Crippen molar-refractivity contribution in [2.24, 2.45) is 0 Å². The van der Waals surface area contributed by atoms with Gasteiger partial charge in [-0.1, -0.05) is 89.2 Å². The zero-order chi connectivity index (χ0) is 13.8. The van der Waals surface area contributed by atoms with Gasteiger partial charge in [0.1, 0.15) is 9.52 Å². The van der Waals surface area contributed by atoms with Crippen LogP contribution in [-0.2, 0) is 19.5 Å². The molecule has 2 radical (unpaired) electrons. The van der Waals surface area contributed by atoms with Crippen LogP contribution < -0.4 is 10.4 Å². The first-order valence-corrected chi connectivity index (χ1v) is 8.05. The van der Waals surface area contributed by atoms with Gasteiger partial charge in [0.15, 0.2) is 0 Å². The van der Waals surface area contributed by atoms with Crippen LogP contribution in [0.25, 0.3) is 11.1 Å². The predicted molar refractivity (Wildman–Crippen MR) is 114 cm³/mol. The molecule has 3 aromatic carbocycles. The number of hydrogen-bond donors (Lipinski definition) is 0. The zero-order valence-corrected chi connectivity index (χ0v) is 19.2. The van der Waals surface area contributed by atoms with Crippen LogP contribution in [0.3, 0.4) is 0 Å². The quantitative estimate of drug-likeness (QED) is 0.429. The average molecular weight is 446 g/mol. The van der Waals surface area contributed by atoms with Gasteiger partial charge in [-0.3, -0.25) is 0 Å². The van der Waals surface area contributed by atoms with Gasteiger partial charge in [-0.25, -0.2) is 0 Å². The minimum atomic E-state index is 0. The van der Waals surface area contributed by atoms with E-state index in [4.69, 9.17) is 0 Å². The second-order valence-electron chi connectivity index (χ2n) is 4.96. The van der Waals surface area contributed by atoms with E-state index in [-0.39, 0.29) is 48.8 Å². The van der Waals surface area contributed by atoms with Crippen LogP contribution in [0.5, 0.6) is 0 Å². The van der Waals surface area contributed by atoms with Crippen LogP contribution in [0.15, 0.2) is 78.9 Å². The Labute approximate surface area is 161 Å². The molecule has 0 fully saturated rings. The summed E-state index contributed by atoms with van der Waals surface area (Å²) in [7, 11) is 0.135. The van der Waals surface area contributed by atoms with Crippen molar-refractivity contribution < 1.29 is 19.5 Å². The van der Waals surface area contributed by atoms with E-state index in [9.17, 15) is 0 Å². The summed E-state index contributed by atoms with van der Waals surface area (Å²) in [5, 5.41) is 2.91. The van der Waals surface area contributed by atoms with Gasteiger partial charge in [-0.15, -0.1) is 0 Å². The SMILES string of the molecule is Cc1cccc([SiH]c2ccccc2)c1-c1ccccc1.P.P.[RhH2].